The van der Waals surface area contributed by atoms with E-state index in [-0.39, 0.29) is 0 Å². The molecule has 0 aliphatic rings. The van der Waals surface area contributed by atoms with Crippen molar-refractivity contribution in [3.8, 4) is 0 Å². The van der Waals surface area contributed by atoms with Crippen molar-refractivity contribution in [2.24, 2.45) is 0 Å². The first-order chi connectivity index (χ1) is 9.52. The molecule has 0 aliphatic heterocycles. The molecule has 0 N–H and O–H groups in total. The topological polar surface area (TPSA) is 29.0 Å². The van der Waals surface area contributed by atoms with Crippen molar-refractivity contribution in [1.82, 2.24) is 9.97 Å². The molecule has 0 bridgehead atoms. The van der Waals surface area contributed by atoms with E-state index in [1.807, 2.05) is 20.0 Å². The van der Waals surface area contributed by atoms with Crippen LogP contribution in [0.25, 0.3) is 0 Å². The number of hydrogen-bond donors (Lipinski definition) is 0. The zero-order valence-electron chi connectivity index (χ0n) is 12.4. The monoisotopic (exact) mass is 289 g/mol. The molecule has 1 heterocycles. The molecule has 0 saturated heterocycles. The number of benzene rings is 1. The summed E-state index contributed by atoms with van der Waals surface area (Å²) in [6.45, 7) is 6.15. The first kappa shape index (κ1) is 14.8. The molecule has 2 aromatic rings. The maximum atomic E-state index is 6.24. The minimum atomic E-state index is 0.540. The van der Waals surface area contributed by atoms with E-state index in [0.717, 1.165) is 35.7 Å². The summed E-state index contributed by atoms with van der Waals surface area (Å²) in [6, 6.07) is 8.34. The van der Waals surface area contributed by atoms with E-state index in [1.165, 1.54) is 5.56 Å². The number of hydrogen-bond acceptors (Lipinski definition) is 3. The summed E-state index contributed by atoms with van der Waals surface area (Å²) >= 11 is 6.24. The Morgan fingerprint density at radius 2 is 1.95 bits per heavy atom. The van der Waals surface area contributed by atoms with Crippen molar-refractivity contribution in [2.75, 3.05) is 11.9 Å². The van der Waals surface area contributed by atoms with Gasteiger partial charge < -0.3 is 4.90 Å². The fourth-order valence-electron chi connectivity index (χ4n) is 2.14. The van der Waals surface area contributed by atoms with E-state index in [2.05, 4.69) is 46.9 Å². The van der Waals surface area contributed by atoms with Crippen molar-refractivity contribution in [3.63, 3.8) is 0 Å². The Morgan fingerprint density at radius 3 is 2.60 bits per heavy atom. The third kappa shape index (κ3) is 3.10. The van der Waals surface area contributed by atoms with Gasteiger partial charge in [0.2, 0.25) is 0 Å². The van der Waals surface area contributed by atoms with Gasteiger partial charge in [0.25, 0.3) is 0 Å². The highest BCUT2D eigenvalue weighted by Gasteiger charge is 2.14. The van der Waals surface area contributed by atoms with Crippen molar-refractivity contribution in [3.05, 3.63) is 46.4 Å². The SMILES string of the molecule is CCCc1nc(Cl)c(C)c(N(C)c2cccc(C)c2)n1. The van der Waals surface area contributed by atoms with Gasteiger partial charge in [-0.1, -0.05) is 30.7 Å². The standard InChI is InChI=1S/C16H20ClN3/c1-5-7-14-18-15(17)12(3)16(19-14)20(4)13-9-6-8-11(2)10-13/h6,8-10H,5,7H2,1-4H3. The Morgan fingerprint density at radius 1 is 1.20 bits per heavy atom. The Hall–Kier alpha value is -1.61. The van der Waals surface area contributed by atoms with Crippen molar-refractivity contribution in [1.29, 1.82) is 0 Å². The second-order valence-electron chi connectivity index (χ2n) is 5.03. The number of nitrogens with zero attached hydrogens (tertiary/aromatic N) is 3. The van der Waals surface area contributed by atoms with Crippen LogP contribution in [0.15, 0.2) is 24.3 Å². The van der Waals surface area contributed by atoms with Crippen molar-refractivity contribution in [2.45, 2.75) is 33.6 Å². The Balaban J connectivity index is 2.45. The predicted octanol–water partition coefficient (Wildman–Crippen LogP) is 4.47. The highest BCUT2D eigenvalue weighted by Crippen LogP contribution is 2.28. The summed E-state index contributed by atoms with van der Waals surface area (Å²) in [6.07, 6.45) is 1.85. The van der Waals surface area contributed by atoms with Crippen molar-refractivity contribution < 1.29 is 0 Å². The molecule has 0 aliphatic carbocycles. The lowest BCUT2D eigenvalue weighted by Gasteiger charge is -2.21. The quantitative estimate of drug-likeness (QED) is 0.778. The smallest absolute Gasteiger partial charge is 0.140 e. The molecule has 20 heavy (non-hydrogen) atoms. The van der Waals surface area contributed by atoms with Crippen LogP contribution in [-0.2, 0) is 6.42 Å². The third-order valence-electron chi connectivity index (χ3n) is 3.29. The van der Waals surface area contributed by atoms with Gasteiger partial charge in [-0.25, -0.2) is 9.97 Å². The average Bonchev–Trinajstić information content (AvgIpc) is 2.42. The number of aryl methyl sites for hydroxylation is 2. The van der Waals surface area contributed by atoms with E-state index in [9.17, 15) is 0 Å². The lowest BCUT2D eigenvalue weighted by Crippen LogP contribution is -2.15. The average molecular weight is 290 g/mol. The maximum Gasteiger partial charge on any atom is 0.140 e. The van der Waals surface area contributed by atoms with E-state index >= 15 is 0 Å². The van der Waals surface area contributed by atoms with Crippen LogP contribution in [-0.4, -0.2) is 17.0 Å². The second-order valence-corrected chi connectivity index (χ2v) is 5.39. The molecule has 0 amide bonds. The van der Waals surface area contributed by atoms with E-state index in [0.29, 0.717) is 5.15 Å². The summed E-state index contributed by atoms with van der Waals surface area (Å²) in [7, 11) is 2.01. The summed E-state index contributed by atoms with van der Waals surface area (Å²) < 4.78 is 0. The third-order valence-corrected chi connectivity index (χ3v) is 3.66. The predicted molar refractivity (Wildman–Crippen MR) is 85.0 cm³/mol. The van der Waals surface area contributed by atoms with Gasteiger partial charge in [-0.05, 0) is 38.0 Å². The Kier molecular flexibility index (Phi) is 4.61. The van der Waals surface area contributed by atoms with Crippen LogP contribution in [0.5, 0.6) is 0 Å². The van der Waals surface area contributed by atoms with Crippen LogP contribution in [0.2, 0.25) is 5.15 Å². The lowest BCUT2D eigenvalue weighted by molar-refractivity contribution is 0.826. The van der Waals surface area contributed by atoms with Crippen LogP contribution >= 0.6 is 11.6 Å². The molecule has 0 unspecified atom stereocenters. The zero-order valence-corrected chi connectivity index (χ0v) is 13.2. The zero-order chi connectivity index (χ0) is 14.7. The Labute approximate surface area is 125 Å². The number of anilines is 2. The Bertz CT molecular complexity index is 611. The highest BCUT2D eigenvalue weighted by atomic mass is 35.5. The lowest BCUT2D eigenvalue weighted by atomic mass is 10.2. The first-order valence-corrected chi connectivity index (χ1v) is 7.24. The molecule has 0 atom stereocenters. The van der Waals surface area contributed by atoms with Gasteiger partial charge >= 0.3 is 0 Å². The van der Waals surface area contributed by atoms with Gasteiger partial charge in [0.1, 0.15) is 16.8 Å². The van der Waals surface area contributed by atoms with Crippen LogP contribution in [0.1, 0.15) is 30.3 Å². The molecule has 2 rings (SSSR count). The van der Waals surface area contributed by atoms with Crippen LogP contribution in [0, 0.1) is 13.8 Å². The molecule has 1 aromatic heterocycles. The van der Waals surface area contributed by atoms with Gasteiger partial charge in [-0.3, -0.25) is 0 Å². The normalized spacial score (nSPS) is 10.7. The number of aromatic nitrogens is 2. The summed E-state index contributed by atoms with van der Waals surface area (Å²) in [4.78, 5) is 11.1. The molecular weight excluding hydrogens is 270 g/mol. The molecule has 0 saturated carbocycles. The van der Waals surface area contributed by atoms with Gasteiger partial charge in [0, 0.05) is 24.7 Å². The second kappa shape index (κ2) is 6.23. The number of rotatable bonds is 4. The molecule has 1 aromatic carbocycles. The van der Waals surface area contributed by atoms with Gasteiger partial charge in [-0.15, -0.1) is 0 Å². The minimum absolute atomic E-state index is 0.540. The largest absolute Gasteiger partial charge is 0.329 e. The summed E-state index contributed by atoms with van der Waals surface area (Å²) in [5.74, 6) is 1.68. The van der Waals surface area contributed by atoms with Gasteiger partial charge in [0.15, 0.2) is 0 Å². The van der Waals surface area contributed by atoms with Crippen LogP contribution in [0.4, 0.5) is 11.5 Å². The van der Waals surface area contributed by atoms with Gasteiger partial charge in [-0.2, -0.15) is 0 Å². The van der Waals surface area contributed by atoms with Crippen LogP contribution < -0.4 is 4.90 Å². The van der Waals surface area contributed by atoms with E-state index in [1.54, 1.807) is 0 Å². The molecule has 3 nitrogen and oxygen atoms in total. The fourth-order valence-corrected chi connectivity index (χ4v) is 2.32. The van der Waals surface area contributed by atoms with Crippen LogP contribution in [0.3, 0.4) is 0 Å². The molecule has 4 heteroatoms. The summed E-state index contributed by atoms with van der Waals surface area (Å²) in [5.41, 5.74) is 3.24. The fraction of sp³-hybridized carbons (Fsp3) is 0.375. The minimum Gasteiger partial charge on any atom is -0.329 e. The van der Waals surface area contributed by atoms with Crippen molar-refractivity contribution >= 4 is 23.1 Å². The molecular formula is C16H20ClN3. The van der Waals surface area contributed by atoms with E-state index < -0.39 is 0 Å². The summed E-state index contributed by atoms with van der Waals surface area (Å²) in [5, 5.41) is 0.540. The molecule has 106 valence electrons. The molecule has 0 fully saturated rings. The maximum absolute atomic E-state index is 6.24. The number of halogens is 1. The van der Waals surface area contributed by atoms with E-state index in [4.69, 9.17) is 11.6 Å². The first-order valence-electron chi connectivity index (χ1n) is 6.86. The molecule has 0 radical (unpaired) electrons. The van der Waals surface area contributed by atoms with Gasteiger partial charge in [0.05, 0.1) is 0 Å². The highest BCUT2D eigenvalue weighted by molar-refractivity contribution is 6.30. The molecule has 0 spiro atoms.